The maximum atomic E-state index is 13.5. The highest BCUT2D eigenvalue weighted by atomic mass is 19.1. The Morgan fingerprint density at radius 2 is 1.76 bits per heavy atom. The Kier molecular flexibility index (Phi) is 6.76. The van der Waals surface area contributed by atoms with Gasteiger partial charge in [-0.1, -0.05) is 12.1 Å². The monoisotopic (exact) mass is 451 g/mol. The Morgan fingerprint density at radius 1 is 1.09 bits per heavy atom. The molecule has 0 N–H and O–H groups in total. The highest BCUT2D eigenvalue weighted by Crippen LogP contribution is 2.26. The third-order valence-corrected chi connectivity index (χ3v) is 6.13. The number of ether oxygens (including phenoxy) is 1. The molecule has 4 rings (SSSR count). The fraction of sp³-hybridized carbons (Fsp3) is 0.375. The van der Waals surface area contributed by atoms with Crippen molar-refractivity contribution in [3.05, 3.63) is 71.3 Å². The van der Waals surface area contributed by atoms with Crippen LogP contribution in [-0.4, -0.2) is 57.0 Å². The van der Waals surface area contributed by atoms with E-state index in [0.717, 1.165) is 5.56 Å². The number of rotatable bonds is 7. The number of benzene rings is 2. The van der Waals surface area contributed by atoms with E-state index in [2.05, 4.69) is 15.5 Å². The fourth-order valence-electron chi connectivity index (χ4n) is 4.21. The number of methoxy groups -OCH3 is 1. The van der Waals surface area contributed by atoms with Gasteiger partial charge in [-0.05, 0) is 72.2 Å². The lowest BCUT2D eigenvalue weighted by molar-refractivity contribution is -0.136. The smallest absolute Gasteiger partial charge is 0.247 e. The molecule has 1 aliphatic rings. The zero-order valence-electron chi connectivity index (χ0n) is 18.6. The average Bonchev–Trinajstić information content (AvgIpc) is 3.28. The van der Waals surface area contributed by atoms with E-state index in [0.29, 0.717) is 49.5 Å². The summed E-state index contributed by atoms with van der Waals surface area (Å²) in [7, 11) is 1.59. The van der Waals surface area contributed by atoms with Crippen LogP contribution in [0.3, 0.4) is 0 Å². The van der Waals surface area contributed by atoms with Gasteiger partial charge < -0.3 is 9.64 Å². The standard InChI is InChI=1S/C24H26FN5O3/c1-16-26-27-28-30(16)22(15-17-3-7-20(25)8-4-17)24(32)29-13-11-19(12-14-29)23(31)18-5-9-21(33-2)10-6-18/h3-10,19,22H,11-15H2,1-2H3. The second-order valence-electron chi connectivity index (χ2n) is 8.21. The van der Waals surface area contributed by atoms with E-state index in [1.807, 2.05) is 0 Å². The number of ketones is 1. The number of halogens is 1. The largest absolute Gasteiger partial charge is 0.497 e. The predicted octanol–water partition coefficient (Wildman–Crippen LogP) is 3.03. The minimum absolute atomic E-state index is 0.0870. The van der Waals surface area contributed by atoms with Crippen molar-refractivity contribution in [2.45, 2.75) is 32.2 Å². The summed E-state index contributed by atoms with van der Waals surface area (Å²) in [6, 6.07) is 12.5. The summed E-state index contributed by atoms with van der Waals surface area (Å²) < 4.78 is 20.0. The Morgan fingerprint density at radius 3 is 2.33 bits per heavy atom. The number of carbonyl (C=O) groups is 2. The number of Topliss-reactive ketones (excluding diaryl/α,β-unsaturated/α-hetero) is 1. The predicted molar refractivity (Wildman–Crippen MR) is 118 cm³/mol. The van der Waals surface area contributed by atoms with E-state index in [4.69, 9.17) is 4.74 Å². The van der Waals surface area contributed by atoms with Gasteiger partial charge in [0.05, 0.1) is 7.11 Å². The molecule has 1 aliphatic heterocycles. The van der Waals surface area contributed by atoms with Crippen molar-refractivity contribution in [1.82, 2.24) is 25.1 Å². The van der Waals surface area contributed by atoms with Crippen molar-refractivity contribution in [2.75, 3.05) is 20.2 Å². The third kappa shape index (κ3) is 5.08. The van der Waals surface area contributed by atoms with E-state index < -0.39 is 6.04 Å². The maximum Gasteiger partial charge on any atom is 0.247 e. The van der Waals surface area contributed by atoms with Gasteiger partial charge in [-0.3, -0.25) is 9.59 Å². The number of aromatic nitrogens is 4. The van der Waals surface area contributed by atoms with Gasteiger partial charge in [0.2, 0.25) is 5.91 Å². The lowest BCUT2D eigenvalue weighted by Crippen LogP contribution is -2.44. The molecule has 1 saturated heterocycles. The van der Waals surface area contributed by atoms with Crippen molar-refractivity contribution < 1.29 is 18.7 Å². The molecular weight excluding hydrogens is 425 g/mol. The minimum atomic E-state index is -0.640. The first kappa shape index (κ1) is 22.6. The zero-order valence-corrected chi connectivity index (χ0v) is 18.6. The molecule has 1 atom stereocenters. The topological polar surface area (TPSA) is 90.2 Å². The number of likely N-dealkylation sites (tertiary alicyclic amines) is 1. The van der Waals surface area contributed by atoms with Crippen LogP contribution in [0.1, 0.15) is 40.6 Å². The molecule has 172 valence electrons. The quantitative estimate of drug-likeness (QED) is 0.513. The highest BCUT2D eigenvalue weighted by Gasteiger charge is 2.33. The molecule has 0 spiro atoms. The van der Waals surface area contributed by atoms with Crippen LogP contribution in [0.15, 0.2) is 48.5 Å². The van der Waals surface area contributed by atoms with Crippen LogP contribution in [-0.2, 0) is 11.2 Å². The van der Waals surface area contributed by atoms with E-state index in [-0.39, 0.29) is 23.4 Å². The van der Waals surface area contributed by atoms with Gasteiger partial charge in [-0.25, -0.2) is 9.07 Å². The van der Waals surface area contributed by atoms with E-state index >= 15 is 0 Å². The highest BCUT2D eigenvalue weighted by molar-refractivity contribution is 5.98. The molecule has 1 amide bonds. The summed E-state index contributed by atoms with van der Waals surface area (Å²) in [4.78, 5) is 28.1. The number of amides is 1. The fourth-order valence-corrected chi connectivity index (χ4v) is 4.21. The molecule has 9 heteroatoms. The van der Waals surface area contributed by atoms with Crippen LogP contribution in [0.5, 0.6) is 5.75 Å². The van der Waals surface area contributed by atoms with Crippen LogP contribution in [0.4, 0.5) is 4.39 Å². The summed E-state index contributed by atoms with van der Waals surface area (Å²) in [5.41, 5.74) is 1.47. The van der Waals surface area contributed by atoms with Crippen LogP contribution in [0.2, 0.25) is 0 Å². The molecule has 0 aliphatic carbocycles. The molecule has 1 aromatic heterocycles. The van der Waals surface area contributed by atoms with E-state index in [1.165, 1.54) is 16.8 Å². The van der Waals surface area contributed by atoms with E-state index in [1.54, 1.807) is 55.3 Å². The van der Waals surface area contributed by atoms with Crippen molar-refractivity contribution >= 4 is 11.7 Å². The summed E-state index contributed by atoms with van der Waals surface area (Å²) in [5.74, 6) is 0.752. The SMILES string of the molecule is COc1ccc(C(=O)C2CCN(C(=O)C(Cc3ccc(F)cc3)n3nnnc3C)CC2)cc1. The number of nitrogens with zero attached hydrogens (tertiary/aromatic N) is 5. The normalized spacial score (nSPS) is 15.3. The molecule has 1 fully saturated rings. The summed E-state index contributed by atoms with van der Waals surface area (Å²) in [5, 5.41) is 11.6. The van der Waals surface area contributed by atoms with Crippen LogP contribution < -0.4 is 4.74 Å². The van der Waals surface area contributed by atoms with Crippen molar-refractivity contribution in [2.24, 2.45) is 5.92 Å². The second-order valence-corrected chi connectivity index (χ2v) is 8.21. The lowest BCUT2D eigenvalue weighted by atomic mass is 9.88. The number of aryl methyl sites for hydroxylation is 1. The first-order chi connectivity index (χ1) is 16.0. The molecule has 8 nitrogen and oxygen atoms in total. The molecular formula is C24H26FN5O3. The van der Waals surface area contributed by atoms with Crippen LogP contribution in [0.25, 0.3) is 0 Å². The van der Waals surface area contributed by atoms with Gasteiger partial charge in [-0.2, -0.15) is 0 Å². The molecule has 0 radical (unpaired) electrons. The number of carbonyl (C=O) groups excluding carboxylic acids is 2. The zero-order chi connectivity index (χ0) is 23.4. The van der Waals surface area contributed by atoms with Gasteiger partial charge in [0.25, 0.3) is 0 Å². The molecule has 0 bridgehead atoms. The Balaban J connectivity index is 1.44. The lowest BCUT2D eigenvalue weighted by Gasteiger charge is -2.33. The molecule has 1 unspecified atom stereocenters. The average molecular weight is 452 g/mol. The van der Waals surface area contributed by atoms with Gasteiger partial charge in [0.1, 0.15) is 23.4 Å². The molecule has 33 heavy (non-hydrogen) atoms. The van der Waals surface area contributed by atoms with Crippen molar-refractivity contribution in [1.29, 1.82) is 0 Å². The molecule has 0 saturated carbocycles. The Hall–Kier alpha value is -3.62. The number of tetrazole rings is 1. The molecule has 2 heterocycles. The summed E-state index contributed by atoms with van der Waals surface area (Å²) in [6.07, 6.45) is 1.53. The Bertz CT molecular complexity index is 1110. The van der Waals surface area contributed by atoms with Crippen molar-refractivity contribution in [3.63, 3.8) is 0 Å². The third-order valence-electron chi connectivity index (χ3n) is 6.13. The number of piperidine rings is 1. The van der Waals surface area contributed by atoms with Gasteiger partial charge in [-0.15, -0.1) is 5.10 Å². The van der Waals surface area contributed by atoms with E-state index in [9.17, 15) is 14.0 Å². The van der Waals surface area contributed by atoms with Crippen LogP contribution >= 0.6 is 0 Å². The second kappa shape index (κ2) is 9.89. The Labute approximate surface area is 191 Å². The first-order valence-electron chi connectivity index (χ1n) is 10.9. The number of hydrogen-bond acceptors (Lipinski definition) is 6. The summed E-state index contributed by atoms with van der Waals surface area (Å²) >= 11 is 0. The molecule has 3 aromatic rings. The summed E-state index contributed by atoms with van der Waals surface area (Å²) in [6.45, 7) is 2.70. The molecule has 2 aromatic carbocycles. The van der Waals surface area contributed by atoms with Gasteiger partial charge in [0, 0.05) is 31.0 Å². The first-order valence-corrected chi connectivity index (χ1v) is 10.9. The van der Waals surface area contributed by atoms with Crippen molar-refractivity contribution in [3.8, 4) is 5.75 Å². The van der Waals surface area contributed by atoms with Gasteiger partial charge in [0.15, 0.2) is 5.78 Å². The van der Waals surface area contributed by atoms with Crippen LogP contribution in [0, 0.1) is 18.7 Å². The van der Waals surface area contributed by atoms with Gasteiger partial charge >= 0.3 is 0 Å². The number of hydrogen-bond donors (Lipinski definition) is 0. The maximum absolute atomic E-state index is 13.5. The minimum Gasteiger partial charge on any atom is -0.497 e.